The van der Waals surface area contributed by atoms with Crippen molar-refractivity contribution in [3.63, 3.8) is 0 Å². The molecule has 5 nitrogen and oxygen atoms in total. The fourth-order valence-electron chi connectivity index (χ4n) is 1.77. The standard InChI is InChI=1S/C16H16N4O/c1-12(10-18-14-5-3-2-4-6-14)20-16(21)15-8-7-13(9-17)11-19-15/h2-8,11-12,18H,10H2,1H3,(H,20,21)/t12-/m1/s1. The molecule has 0 fully saturated rings. The van der Waals surface area contributed by atoms with Crippen molar-refractivity contribution in [2.45, 2.75) is 13.0 Å². The van der Waals surface area contributed by atoms with Gasteiger partial charge in [0.15, 0.2) is 0 Å². The van der Waals surface area contributed by atoms with Crippen molar-refractivity contribution in [2.24, 2.45) is 0 Å². The van der Waals surface area contributed by atoms with E-state index in [2.05, 4.69) is 15.6 Å². The Labute approximate surface area is 123 Å². The molecule has 0 radical (unpaired) electrons. The van der Waals surface area contributed by atoms with Crippen molar-refractivity contribution in [2.75, 3.05) is 11.9 Å². The van der Waals surface area contributed by atoms with E-state index in [1.165, 1.54) is 6.20 Å². The molecular weight excluding hydrogens is 264 g/mol. The van der Waals surface area contributed by atoms with Gasteiger partial charge in [-0.05, 0) is 31.2 Å². The molecule has 106 valence electrons. The minimum absolute atomic E-state index is 0.0462. The summed E-state index contributed by atoms with van der Waals surface area (Å²) in [5, 5.41) is 14.8. The smallest absolute Gasteiger partial charge is 0.270 e. The largest absolute Gasteiger partial charge is 0.383 e. The molecule has 0 saturated carbocycles. The Balaban J connectivity index is 1.85. The molecule has 0 unspecified atom stereocenters. The number of nitrogens with one attached hydrogen (secondary N) is 2. The van der Waals surface area contributed by atoms with E-state index in [-0.39, 0.29) is 11.9 Å². The summed E-state index contributed by atoms with van der Waals surface area (Å²) in [6.07, 6.45) is 1.39. The lowest BCUT2D eigenvalue weighted by Crippen LogP contribution is -2.37. The maximum absolute atomic E-state index is 12.0. The van der Waals surface area contributed by atoms with E-state index in [4.69, 9.17) is 5.26 Å². The van der Waals surface area contributed by atoms with Crippen LogP contribution in [0.2, 0.25) is 0 Å². The van der Waals surface area contributed by atoms with Gasteiger partial charge in [0.25, 0.3) is 5.91 Å². The first-order valence-electron chi connectivity index (χ1n) is 6.65. The Bertz CT molecular complexity index is 632. The van der Waals surface area contributed by atoms with Gasteiger partial charge in [-0.2, -0.15) is 5.26 Å². The average Bonchev–Trinajstić information content (AvgIpc) is 2.54. The summed E-state index contributed by atoms with van der Waals surface area (Å²) in [7, 11) is 0. The molecule has 1 aromatic carbocycles. The van der Waals surface area contributed by atoms with Gasteiger partial charge in [0.05, 0.1) is 5.56 Å². The molecule has 1 heterocycles. The molecule has 1 amide bonds. The van der Waals surface area contributed by atoms with Crippen molar-refractivity contribution in [1.29, 1.82) is 5.26 Å². The van der Waals surface area contributed by atoms with Gasteiger partial charge in [0, 0.05) is 24.5 Å². The molecule has 0 aliphatic carbocycles. The molecule has 2 rings (SSSR count). The second-order valence-corrected chi connectivity index (χ2v) is 4.67. The summed E-state index contributed by atoms with van der Waals surface area (Å²) < 4.78 is 0. The Kier molecular flexibility index (Phi) is 4.89. The number of hydrogen-bond acceptors (Lipinski definition) is 4. The molecule has 0 bridgehead atoms. The second kappa shape index (κ2) is 7.06. The molecule has 1 atom stereocenters. The van der Waals surface area contributed by atoms with E-state index in [1.54, 1.807) is 12.1 Å². The first-order chi connectivity index (χ1) is 10.2. The summed E-state index contributed by atoms with van der Waals surface area (Å²) in [5.41, 5.74) is 1.75. The van der Waals surface area contributed by atoms with Crippen LogP contribution >= 0.6 is 0 Å². The summed E-state index contributed by atoms with van der Waals surface area (Å²) in [5.74, 6) is -0.248. The lowest BCUT2D eigenvalue weighted by Gasteiger charge is -2.15. The number of aromatic nitrogens is 1. The molecular formula is C16H16N4O. The summed E-state index contributed by atoms with van der Waals surface area (Å²) in [6, 6.07) is 14.8. The number of anilines is 1. The highest BCUT2D eigenvalue weighted by molar-refractivity contribution is 5.92. The second-order valence-electron chi connectivity index (χ2n) is 4.67. The monoisotopic (exact) mass is 280 g/mol. The average molecular weight is 280 g/mol. The van der Waals surface area contributed by atoms with Crippen LogP contribution in [0.5, 0.6) is 0 Å². The number of nitrogens with zero attached hydrogens (tertiary/aromatic N) is 2. The number of carbonyl (C=O) groups excluding carboxylic acids is 1. The van der Waals surface area contributed by atoms with Crippen molar-refractivity contribution in [1.82, 2.24) is 10.3 Å². The van der Waals surface area contributed by atoms with Crippen molar-refractivity contribution in [3.8, 4) is 6.07 Å². The minimum atomic E-state index is -0.248. The lowest BCUT2D eigenvalue weighted by molar-refractivity contribution is 0.0937. The SMILES string of the molecule is C[C@H](CNc1ccccc1)NC(=O)c1ccc(C#N)cn1. The number of carbonyl (C=O) groups is 1. The molecule has 0 spiro atoms. The van der Waals surface area contributed by atoms with Crippen LogP contribution in [0.1, 0.15) is 23.0 Å². The van der Waals surface area contributed by atoms with E-state index in [0.717, 1.165) is 5.69 Å². The van der Waals surface area contributed by atoms with Crippen LogP contribution in [0.3, 0.4) is 0 Å². The Hall–Kier alpha value is -2.87. The molecule has 5 heteroatoms. The van der Waals surface area contributed by atoms with Gasteiger partial charge in [-0.25, -0.2) is 4.98 Å². The number of nitriles is 1. The van der Waals surface area contributed by atoms with Gasteiger partial charge in [-0.1, -0.05) is 18.2 Å². The van der Waals surface area contributed by atoms with E-state index in [1.807, 2.05) is 43.3 Å². The fraction of sp³-hybridized carbons (Fsp3) is 0.188. The molecule has 2 aromatic rings. The Morgan fingerprint density at radius 2 is 2.05 bits per heavy atom. The van der Waals surface area contributed by atoms with Gasteiger partial charge >= 0.3 is 0 Å². The predicted molar refractivity (Wildman–Crippen MR) is 80.8 cm³/mol. The van der Waals surface area contributed by atoms with Gasteiger partial charge in [-0.3, -0.25) is 4.79 Å². The lowest BCUT2D eigenvalue weighted by atomic mass is 10.2. The maximum Gasteiger partial charge on any atom is 0.270 e. The first kappa shape index (κ1) is 14.5. The maximum atomic E-state index is 12.0. The molecule has 21 heavy (non-hydrogen) atoms. The van der Waals surface area contributed by atoms with Crippen molar-refractivity contribution >= 4 is 11.6 Å². The van der Waals surface area contributed by atoms with Crippen LogP contribution in [-0.2, 0) is 0 Å². The third-order valence-electron chi connectivity index (χ3n) is 2.89. The zero-order valence-electron chi connectivity index (χ0n) is 11.7. The van der Waals surface area contributed by atoms with Crippen LogP contribution in [0, 0.1) is 11.3 Å². The number of para-hydroxylation sites is 1. The normalized spacial score (nSPS) is 11.2. The van der Waals surface area contributed by atoms with E-state index in [0.29, 0.717) is 17.8 Å². The summed E-state index contributed by atoms with van der Waals surface area (Å²) in [6.45, 7) is 2.53. The number of pyridine rings is 1. The highest BCUT2D eigenvalue weighted by atomic mass is 16.1. The van der Waals surface area contributed by atoms with Crippen LogP contribution < -0.4 is 10.6 Å². The van der Waals surface area contributed by atoms with Crippen molar-refractivity contribution in [3.05, 3.63) is 59.9 Å². The predicted octanol–water partition coefficient (Wildman–Crippen LogP) is 2.18. The number of rotatable bonds is 5. The molecule has 0 aliphatic heterocycles. The van der Waals surface area contributed by atoms with E-state index < -0.39 is 0 Å². The van der Waals surface area contributed by atoms with Crippen LogP contribution in [0.15, 0.2) is 48.7 Å². The van der Waals surface area contributed by atoms with Gasteiger partial charge in [0.1, 0.15) is 11.8 Å². The first-order valence-corrected chi connectivity index (χ1v) is 6.65. The number of amides is 1. The molecule has 2 N–H and O–H groups in total. The van der Waals surface area contributed by atoms with Crippen LogP contribution in [0.25, 0.3) is 0 Å². The topological polar surface area (TPSA) is 77.8 Å². The summed E-state index contributed by atoms with van der Waals surface area (Å²) in [4.78, 5) is 15.9. The highest BCUT2D eigenvalue weighted by Gasteiger charge is 2.10. The minimum Gasteiger partial charge on any atom is -0.383 e. The number of hydrogen-bond donors (Lipinski definition) is 2. The zero-order valence-corrected chi connectivity index (χ0v) is 11.7. The fourth-order valence-corrected chi connectivity index (χ4v) is 1.77. The third-order valence-corrected chi connectivity index (χ3v) is 2.89. The van der Waals surface area contributed by atoms with Gasteiger partial charge < -0.3 is 10.6 Å². The van der Waals surface area contributed by atoms with E-state index >= 15 is 0 Å². The molecule has 0 aliphatic rings. The van der Waals surface area contributed by atoms with Crippen LogP contribution in [-0.4, -0.2) is 23.5 Å². The highest BCUT2D eigenvalue weighted by Crippen LogP contribution is 2.05. The van der Waals surface area contributed by atoms with Crippen LogP contribution in [0.4, 0.5) is 5.69 Å². The Morgan fingerprint density at radius 1 is 1.29 bits per heavy atom. The van der Waals surface area contributed by atoms with E-state index in [9.17, 15) is 4.79 Å². The molecule has 0 saturated heterocycles. The zero-order chi connectivity index (χ0) is 15.1. The van der Waals surface area contributed by atoms with Gasteiger partial charge in [0.2, 0.25) is 0 Å². The molecule has 1 aromatic heterocycles. The third kappa shape index (κ3) is 4.32. The van der Waals surface area contributed by atoms with Gasteiger partial charge in [-0.15, -0.1) is 0 Å². The summed E-state index contributed by atoms with van der Waals surface area (Å²) >= 11 is 0. The van der Waals surface area contributed by atoms with Crippen molar-refractivity contribution < 1.29 is 4.79 Å². The number of benzene rings is 1. The Morgan fingerprint density at radius 3 is 2.67 bits per heavy atom. The quantitative estimate of drug-likeness (QED) is 0.880.